The Hall–Kier alpha value is -1.91. The van der Waals surface area contributed by atoms with Crippen LogP contribution in [0.5, 0.6) is 0 Å². The van der Waals surface area contributed by atoms with Gasteiger partial charge in [-0.1, -0.05) is 13.8 Å². The number of carbonyl (C=O) groups excluding carboxylic acids is 2. The van der Waals surface area contributed by atoms with E-state index in [1.165, 1.54) is 17.0 Å². The highest BCUT2D eigenvalue weighted by molar-refractivity contribution is 6.06. The minimum atomic E-state index is -0.845. The molecule has 1 amide bonds. The lowest BCUT2D eigenvalue weighted by Gasteiger charge is -2.30. The molecule has 1 rings (SSSR count). The zero-order valence-corrected chi connectivity index (χ0v) is 14.5. The van der Waals surface area contributed by atoms with Gasteiger partial charge in [0.2, 0.25) is 5.91 Å². The van der Waals surface area contributed by atoms with E-state index in [0.29, 0.717) is 12.1 Å². The van der Waals surface area contributed by atoms with E-state index in [0.717, 1.165) is 0 Å². The minimum Gasteiger partial charge on any atom is -0.465 e. The van der Waals surface area contributed by atoms with Crippen LogP contribution in [-0.4, -0.2) is 24.5 Å². The fraction of sp³-hybridized carbons (Fsp3) is 0.556. The molecular weight excluding hydrogens is 297 g/mol. The molecule has 0 bridgehead atoms. The fourth-order valence-corrected chi connectivity index (χ4v) is 2.46. The van der Waals surface area contributed by atoms with Crippen molar-refractivity contribution in [2.45, 2.75) is 47.1 Å². The summed E-state index contributed by atoms with van der Waals surface area (Å²) in [5.41, 5.74) is 0.574. The summed E-state index contributed by atoms with van der Waals surface area (Å²) < 4.78 is 18.2. The van der Waals surface area contributed by atoms with Gasteiger partial charge in [-0.3, -0.25) is 9.59 Å². The Morgan fingerprint density at radius 1 is 1.13 bits per heavy atom. The average molecular weight is 323 g/mol. The first-order valence-electron chi connectivity index (χ1n) is 8.03. The standard InChI is InChI=1S/C18H26FNO3/c1-6-23-18(22)16(11-12(2)3)17(21)20(13(4)5)15-9-7-14(19)8-10-15/h7-10,12-13,16H,6,11H2,1-5H3. The number of hydrogen-bond acceptors (Lipinski definition) is 3. The van der Waals surface area contributed by atoms with Crippen LogP contribution in [0.25, 0.3) is 0 Å². The lowest BCUT2D eigenvalue weighted by atomic mass is 9.95. The third kappa shape index (κ3) is 5.34. The van der Waals surface area contributed by atoms with E-state index < -0.39 is 11.9 Å². The molecule has 128 valence electrons. The lowest BCUT2D eigenvalue weighted by molar-refractivity contribution is -0.152. The maximum Gasteiger partial charge on any atom is 0.318 e. The number of esters is 1. The molecule has 0 saturated heterocycles. The van der Waals surface area contributed by atoms with E-state index in [1.807, 2.05) is 27.7 Å². The summed E-state index contributed by atoms with van der Waals surface area (Å²) in [6.45, 7) is 9.58. The van der Waals surface area contributed by atoms with Crippen molar-refractivity contribution in [3.8, 4) is 0 Å². The van der Waals surface area contributed by atoms with Gasteiger partial charge in [-0.25, -0.2) is 4.39 Å². The highest BCUT2D eigenvalue weighted by Crippen LogP contribution is 2.24. The molecule has 0 saturated carbocycles. The number of hydrogen-bond donors (Lipinski definition) is 0. The molecule has 1 aromatic carbocycles. The van der Waals surface area contributed by atoms with Crippen molar-refractivity contribution < 1.29 is 18.7 Å². The largest absolute Gasteiger partial charge is 0.465 e. The quantitative estimate of drug-likeness (QED) is 0.566. The molecule has 1 aromatic rings. The number of amides is 1. The molecule has 0 aliphatic rings. The van der Waals surface area contributed by atoms with Crippen LogP contribution in [0.1, 0.15) is 41.0 Å². The third-order valence-corrected chi connectivity index (χ3v) is 3.43. The summed E-state index contributed by atoms with van der Waals surface area (Å²) in [5, 5.41) is 0. The molecule has 23 heavy (non-hydrogen) atoms. The molecule has 0 aliphatic heterocycles. The third-order valence-electron chi connectivity index (χ3n) is 3.43. The fourth-order valence-electron chi connectivity index (χ4n) is 2.46. The Morgan fingerprint density at radius 3 is 2.13 bits per heavy atom. The molecule has 0 N–H and O–H groups in total. The summed E-state index contributed by atoms with van der Waals surface area (Å²) in [6.07, 6.45) is 0.419. The van der Waals surface area contributed by atoms with Gasteiger partial charge in [-0.2, -0.15) is 0 Å². The topological polar surface area (TPSA) is 46.6 Å². The van der Waals surface area contributed by atoms with Gasteiger partial charge < -0.3 is 9.64 Å². The first kappa shape index (κ1) is 19.1. The molecule has 0 heterocycles. The normalized spacial score (nSPS) is 12.3. The van der Waals surface area contributed by atoms with Crippen molar-refractivity contribution in [3.63, 3.8) is 0 Å². The second-order valence-electron chi connectivity index (χ2n) is 6.21. The number of halogens is 1. The van der Waals surface area contributed by atoms with Crippen LogP contribution in [0.4, 0.5) is 10.1 Å². The van der Waals surface area contributed by atoms with E-state index >= 15 is 0 Å². The predicted octanol–water partition coefficient (Wildman–Crippen LogP) is 3.79. The average Bonchev–Trinajstić information content (AvgIpc) is 2.46. The summed E-state index contributed by atoms with van der Waals surface area (Å²) in [4.78, 5) is 26.7. The summed E-state index contributed by atoms with van der Waals surface area (Å²) in [7, 11) is 0. The smallest absolute Gasteiger partial charge is 0.318 e. The second-order valence-corrected chi connectivity index (χ2v) is 6.21. The molecular formula is C18H26FNO3. The van der Waals surface area contributed by atoms with Crippen LogP contribution >= 0.6 is 0 Å². The van der Waals surface area contributed by atoms with Crippen molar-refractivity contribution in [1.82, 2.24) is 0 Å². The molecule has 5 heteroatoms. The molecule has 0 aromatic heterocycles. The first-order valence-corrected chi connectivity index (χ1v) is 8.03. The van der Waals surface area contributed by atoms with E-state index in [1.54, 1.807) is 19.1 Å². The van der Waals surface area contributed by atoms with E-state index in [9.17, 15) is 14.0 Å². The molecule has 0 aliphatic carbocycles. The molecule has 4 nitrogen and oxygen atoms in total. The maximum absolute atomic E-state index is 13.1. The highest BCUT2D eigenvalue weighted by Gasteiger charge is 2.34. The van der Waals surface area contributed by atoms with Crippen LogP contribution < -0.4 is 4.90 Å². The monoisotopic (exact) mass is 323 g/mol. The molecule has 0 radical (unpaired) electrons. The highest BCUT2D eigenvalue weighted by atomic mass is 19.1. The summed E-state index contributed by atoms with van der Waals surface area (Å²) >= 11 is 0. The predicted molar refractivity (Wildman–Crippen MR) is 88.6 cm³/mol. The van der Waals surface area contributed by atoms with Crippen LogP contribution in [0.2, 0.25) is 0 Å². The zero-order chi connectivity index (χ0) is 17.6. The van der Waals surface area contributed by atoms with Gasteiger partial charge in [0.25, 0.3) is 0 Å². The Labute approximate surface area is 137 Å². The van der Waals surface area contributed by atoms with Gasteiger partial charge >= 0.3 is 5.97 Å². The van der Waals surface area contributed by atoms with Crippen molar-refractivity contribution in [2.24, 2.45) is 11.8 Å². The second kappa shape index (κ2) is 8.65. The van der Waals surface area contributed by atoms with Crippen LogP contribution in [0.15, 0.2) is 24.3 Å². The SMILES string of the molecule is CCOC(=O)C(CC(C)C)C(=O)N(c1ccc(F)cc1)C(C)C. The van der Waals surface area contributed by atoms with E-state index in [4.69, 9.17) is 4.74 Å². The molecule has 0 fully saturated rings. The van der Waals surface area contributed by atoms with Gasteiger partial charge in [0.15, 0.2) is 0 Å². The summed E-state index contributed by atoms with van der Waals surface area (Å²) in [6, 6.07) is 5.55. The van der Waals surface area contributed by atoms with Crippen molar-refractivity contribution in [2.75, 3.05) is 11.5 Å². The van der Waals surface area contributed by atoms with Crippen molar-refractivity contribution >= 4 is 17.6 Å². The van der Waals surface area contributed by atoms with Gasteiger partial charge in [-0.05, 0) is 57.4 Å². The van der Waals surface area contributed by atoms with Crippen molar-refractivity contribution in [1.29, 1.82) is 0 Å². The number of carbonyl (C=O) groups is 2. The summed E-state index contributed by atoms with van der Waals surface area (Å²) in [5.74, 6) is -1.84. The minimum absolute atomic E-state index is 0.156. The Morgan fingerprint density at radius 2 is 1.70 bits per heavy atom. The van der Waals surface area contributed by atoms with Crippen molar-refractivity contribution in [3.05, 3.63) is 30.1 Å². The Kier molecular flexibility index (Phi) is 7.20. The number of anilines is 1. The van der Waals surface area contributed by atoms with Crippen LogP contribution in [0, 0.1) is 17.7 Å². The van der Waals surface area contributed by atoms with Gasteiger partial charge in [0, 0.05) is 11.7 Å². The van der Waals surface area contributed by atoms with Gasteiger partial charge in [0.05, 0.1) is 6.61 Å². The molecule has 0 spiro atoms. The van der Waals surface area contributed by atoms with Crippen LogP contribution in [-0.2, 0) is 14.3 Å². The first-order chi connectivity index (χ1) is 10.8. The van der Waals surface area contributed by atoms with Crippen LogP contribution in [0.3, 0.4) is 0 Å². The number of benzene rings is 1. The van der Waals surface area contributed by atoms with E-state index in [-0.39, 0.29) is 30.3 Å². The lowest BCUT2D eigenvalue weighted by Crippen LogP contribution is -2.44. The number of ether oxygens (including phenoxy) is 1. The number of nitrogens with zero attached hydrogens (tertiary/aromatic N) is 1. The zero-order valence-electron chi connectivity index (χ0n) is 14.5. The van der Waals surface area contributed by atoms with Gasteiger partial charge in [0.1, 0.15) is 11.7 Å². The molecule has 1 unspecified atom stereocenters. The van der Waals surface area contributed by atoms with Gasteiger partial charge in [-0.15, -0.1) is 0 Å². The number of rotatable bonds is 7. The Balaban J connectivity index is 3.13. The van der Waals surface area contributed by atoms with E-state index in [2.05, 4.69) is 0 Å². The maximum atomic E-state index is 13.1. The molecule has 1 atom stereocenters. The Bertz CT molecular complexity index is 526.